The molecule has 0 saturated carbocycles. The maximum absolute atomic E-state index is 6.15. The van der Waals surface area contributed by atoms with Crippen LogP contribution in [0.25, 0.3) is 33.6 Å². The van der Waals surface area contributed by atoms with Gasteiger partial charge in [-0.3, -0.25) is 0 Å². The van der Waals surface area contributed by atoms with Gasteiger partial charge in [0, 0.05) is 5.56 Å². The third kappa shape index (κ3) is 2.52. The van der Waals surface area contributed by atoms with Crippen molar-refractivity contribution < 1.29 is 13.9 Å². The van der Waals surface area contributed by atoms with Crippen LogP contribution >= 0.6 is 0 Å². The molecule has 130 valence electrons. The van der Waals surface area contributed by atoms with Gasteiger partial charge in [0.1, 0.15) is 29.4 Å². The van der Waals surface area contributed by atoms with Crippen LogP contribution in [0.1, 0.15) is 0 Å². The van der Waals surface area contributed by atoms with Crippen molar-refractivity contribution in [3.8, 4) is 33.9 Å². The average molecular weight is 347 g/mol. The fourth-order valence-electron chi connectivity index (χ4n) is 3.01. The largest absolute Gasteiger partial charge is 0.497 e. The van der Waals surface area contributed by atoms with Crippen molar-refractivity contribution in [1.82, 2.24) is 9.97 Å². The van der Waals surface area contributed by atoms with E-state index in [0.29, 0.717) is 28.4 Å². The number of para-hydroxylation sites is 1. The summed E-state index contributed by atoms with van der Waals surface area (Å²) in [6.07, 6.45) is 1.39. The Balaban J connectivity index is 2.05. The first-order valence-corrected chi connectivity index (χ1v) is 8.03. The topological polar surface area (TPSA) is 83.4 Å². The van der Waals surface area contributed by atoms with E-state index < -0.39 is 0 Å². The van der Waals surface area contributed by atoms with Gasteiger partial charge in [-0.15, -0.1) is 0 Å². The van der Waals surface area contributed by atoms with E-state index in [2.05, 4.69) is 9.97 Å². The van der Waals surface area contributed by atoms with Gasteiger partial charge in [-0.05, 0) is 29.8 Å². The van der Waals surface area contributed by atoms with Crippen LogP contribution in [0.5, 0.6) is 11.5 Å². The van der Waals surface area contributed by atoms with E-state index in [1.165, 1.54) is 6.33 Å². The quantitative estimate of drug-likeness (QED) is 0.597. The zero-order chi connectivity index (χ0) is 18.1. The number of nitrogens with zero attached hydrogens (tertiary/aromatic N) is 2. The molecule has 0 radical (unpaired) electrons. The number of ether oxygens (including phenoxy) is 2. The summed E-state index contributed by atoms with van der Waals surface area (Å²) in [4.78, 5) is 8.37. The van der Waals surface area contributed by atoms with Crippen molar-refractivity contribution >= 4 is 16.9 Å². The first-order valence-electron chi connectivity index (χ1n) is 8.03. The molecule has 0 aliphatic carbocycles. The highest BCUT2D eigenvalue weighted by Gasteiger charge is 2.23. The van der Waals surface area contributed by atoms with Crippen LogP contribution in [0.4, 0.5) is 5.82 Å². The van der Waals surface area contributed by atoms with E-state index in [1.54, 1.807) is 14.2 Å². The van der Waals surface area contributed by atoms with Crippen molar-refractivity contribution in [2.24, 2.45) is 0 Å². The molecule has 0 aliphatic heterocycles. The number of methoxy groups -OCH3 is 2. The van der Waals surface area contributed by atoms with Gasteiger partial charge in [0.05, 0.1) is 25.2 Å². The van der Waals surface area contributed by atoms with Crippen LogP contribution in [0, 0.1) is 0 Å². The highest BCUT2D eigenvalue weighted by atomic mass is 16.5. The number of aromatic nitrogens is 2. The van der Waals surface area contributed by atoms with Crippen molar-refractivity contribution in [2.75, 3.05) is 20.0 Å². The van der Waals surface area contributed by atoms with Crippen LogP contribution in [-0.4, -0.2) is 24.2 Å². The molecule has 0 atom stereocenters. The second kappa shape index (κ2) is 6.40. The molecule has 26 heavy (non-hydrogen) atoms. The first kappa shape index (κ1) is 16.0. The highest BCUT2D eigenvalue weighted by molar-refractivity contribution is 6.05. The monoisotopic (exact) mass is 347 g/mol. The number of rotatable bonds is 4. The molecule has 4 aromatic rings. The lowest BCUT2D eigenvalue weighted by Crippen LogP contribution is -1.93. The van der Waals surface area contributed by atoms with E-state index in [-0.39, 0.29) is 0 Å². The fourth-order valence-corrected chi connectivity index (χ4v) is 3.01. The van der Waals surface area contributed by atoms with E-state index in [9.17, 15) is 0 Å². The van der Waals surface area contributed by atoms with Gasteiger partial charge < -0.3 is 19.6 Å². The molecule has 2 aromatic carbocycles. The summed E-state index contributed by atoms with van der Waals surface area (Å²) in [6, 6.07) is 15.3. The predicted molar refractivity (Wildman–Crippen MR) is 100 cm³/mol. The van der Waals surface area contributed by atoms with E-state index in [4.69, 9.17) is 19.6 Å². The third-order valence-electron chi connectivity index (χ3n) is 4.25. The number of fused-ring (bicyclic) bond motifs is 1. The number of nitrogen functional groups attached to an aromatic ring is 1. The summed E-state index contributed by atoms with van der Waals surface area (Å²) in [5.74, 6) is 2.47. The Hall–Kier alpha value is -3.54. The van der Waals surface area contributed by atoms with Crippen molar-refractivity contribution in [3.63, 3.8) is 0 Å². The van der Waals surface area contributed by atoms with Crippen LogP contribution in [0.15, 0.2) is 59.3 Å². The Labute approximate surface area is 150 Å². The smallest absolute Gasteiger partial charge is 0.232 e. The Bertz CT molecular complexity index is 1070. The van der Waals surface area contributed by atoms with E-state index >= 15 is 0 Å². The molecule has 2 aromatic heterocycles. The minimum Gasteiger partial charge on any atom is -0.497 e. The van der Waals surface area contributed by atoms with Gasteiger partial charge in [-0.2, -0.15) is 0 Å². The second-order valence-corrected chi connectivity index (χ2v) is 5.67. The SMILES string of the molecule is COc1ccc(-c2c(-c3ccccc3OC)oc3ncnc(N)c23)cc1. The standard InChI is InChI=1S/C20H17N3O3/c1-24-13-9-7-12(8-10-13)16-17-19(21)22-11-23-20(17)26-18(16)14-5-3-4-6-15(14)25-2/h3-11H,1-2H3,(H2,21,22,23). The van der Waals surface area contributed by atoms with Gasteiger partial charge in [-0.1, -0.05) is 24.3 Å². The minimum absolute atomic E-state index is 0.366. The van der Waals surface area contributed by atoms with Gasteiger partial charge in [0.2, 0.25) is 5.71 Å². The number of benzene rings is 2. The Morgan fingerprint density at radius 1 is 0.923 bits per heavy atom. The predicted octanol–water partition coefficient (Wildman–Crippen LogP) is 4.16. The molecule has 0 saturated heterocycles. The summed E-state index contributed by atoms with van der Waals surface area (Å²) in [7, 11) is 3.26. The lowest BCUT2D eigenvalue weighted by molar-refractivity contribution is 0.414. The molecule has 4 rings (SSSR count). The summed E-state index contributed by atoms with van der Waals surface area (Å²) >= 11 is 0. The van der Waals surface area contributed by atoms with Crippen LogP contribution in [0.3, 0.4) is 0 Å². The lowest BCUT2D eigenvalue weighted by Gasteiger charge is -2.09. The zero-order valence-corrected chi connectivity index (χ0v) is 14.4. The van der Waals surface area contributed by atoms with Crippen LogP contribution < -0.4 is 15.2 Å². The van der Waals surface area contributed by atoms with Crippen LogP contribution in [-0.2, 0) is 0 Å². The summed E-state index contributed by atoms with van der Waals surface area (Å²) in [5.41, 5.74) is 9.15. The van der Waals surface area contributed by atoms with Gasteiger partial charge in [0.25, 0.3) is 0 Å². The summed E-state index contributed by atoms with van der Waals surface area (Å²) in [6.45, 7) is 0. The van der Waals surface area contributed by atoms with Crippen molar-refractivity contribution in [3.05, 3.63) is 54.9 Å². The highest BCUT2D eigenvalue weighted by Crippen LogP contribution is 2.44. The molecule has 0 unspecified atom stereocenters. The molecule has 6 heteroatoms. The number of hydrogen-bond donors (Lipinski definition) is 1. The van der Waals surface area contributed by atoms with E-state index in [0.717, 1.165) is 22.4 Å². The molecular formula is C20H17N3O3. The number of nitrogens with two attached hydrogens (primary N) is 1. The lowest BCUT2D eigenvalue weighted by atomic mass is 9.98. The second-order valence-electron chi connectivity index (χ2n) is 5.67. The molecule has 6 nitrogen and oxygen atoms in total. The third-order valence-corrected chi connectivity index (χ3v) is 4.25. The Morgan fingerprint density at radius 2 is 1.69 bits per heavy atom. The normalized spacial score (nSPS) is 10.8. The van der Waals surface area contributed by atoms with Gasteiger partial charge in [0.15, 0.2) is 0 Å². The van der Waals surface area contributed by atoms with Gasteiger partial charge >= 0.3 is 0 Å². The molecule has 0 spiro atoms. The van der Waals surface area contributed by atoms with E-state index in [1.807, 2.05) is 48.5 Å². The molecule has 0 aliphatic rings. The number of anilines is 1. The maximum Gasteiger partial charge on any atom is 0.232 e. The fraction of sp³-hybridized carbons (Fsp3) is 0.100. The Kier molecular flexibility index (Phi) is 3.93. The zero-order valence-electron chi connectivity index (χ0n) is 14.4. The molecule has 0 bridgehead atoms. The van der Waals surface area contributed by atoms with Crippen LogP contribution in [0.2, 0.25) is 0 Å². The Morgan fingerprint density at radius 3 is 2.42 bits per heavy atom. The van der Waals surface area contributed by atoms with Gasteiger partial charge in [-0.25, -0.2) is 9.97 Å². The molecule has 2 N–H and O–H groups in total. The molecule has 2 heterocycles. The first-order chi connectivity index (χ1) is 12.7. The summed E-state index contributed by atoms with van der Waals surface area (Å²) < 4.78 is 16.8. The van der Waals surface area contributed by atoms with Crippen molar-refractivity contribution in [1.29, 1.82) is 0 Å². The molecular weight excluding hydrogens is 330 g/mol. The molecule has 0 amide bonds. The summed E-state index contributed by atoms with van der Waals surface area (Å²) in [5, 5.41) is 0.679. The maximum atomic E-state index is 6.15. The van der Waals surface area contributed by atoms with Crippen molar-refractivity contribution in [2.45, 2.75) is 0 Å². The average Bonchev–Trinajstić information content (AvgIpc) is 3.08. The number of furan rings is 1. The molecule has 0 fully saturated rings. The minimum atomic E-state index is 0.366. The number of hydrogen-bond acceptors (Lipinski definition) is 6.